The van der Waals surface area contributed by atoms with Gasteiger partial charge in [-0.25, -0.2) is 4.98 Å². The maximum Gasteiger partial charge on any atom is 0.260 e. The van der Waals surface area contributed by atoms with Crippen molar-refractivity contribution in [3.8, 4) is 11.1 Å². The molecule has 0 saturated heterocycles. The van der Waals surface area contributed by atoms with Gasteiger partial charge < -0.3 is 4.98 Å². The zero-order valence-corrected chi connectivity index (χ0v) is 18.7. The molecule has 0 atom stereocenters. The molecule has 2 aromatic heterocycles. The maximum atomic E-state index is 13.0. The summed E-state index contributed by atoms with van der Waals surface area (Å²) in [7, 11) is 0. The Hall–Kier alpha value is -3.25. The van der Waals surface area contributed by atoms with Gasteiger partial charge in [0.2, 0.25) is 0 Å². The summed E-state index contributed by atoms with van der Waals surface area (Å²) in [6.07, 6.45) is 0. The van der Waals surface area contributed by atoms with Crippen molar-refractivity contribution in [1.29, 1.82) is 0 Å². The molecule has 0 spiro atoms. The summed E-state index contributed by atoms with van der Waals surface area (Å²) in [5.74, 6) is 0.604. The van der Waals surface area contributed by atoms with Crippen LogP contribution in [0.1, 0.15) is 23.0 Å². The number of nitrogens with zero attached hydrogens (tertiary/aromatic N) is 1. The molecule has 2 heterocycles. The number of aromatic amines is 1. The third-order valence-corrected chi connectivity index (χ3v) is 6.60. The first-order valence-electron chi connectivity index (χ1n) is 10.3. The van der Waals surface area contributed by atoms with E-state index in [0.29, 0.717) is 27.6 Å². The molecular weight excluding hydrogens is 438 g/mol. The Kier molecular flexibility index (Phi) is 5.86. The average Bonchev–Trinajstić information content (AvgIpc) is 3.25. The molecule has 2 N–H and O–H groups in total. The van der Waals surface area contributed by atoms with Crippen molar-refractivity contribution in [2.24, 2.45) is 0 Å². The van der Waals surface area contributed by atoms with Crippen molar-refractivity contribution in [2.75, 3.05) is 0 Å². The molecule has 32 heavy (non-hydrogen) atoms. The Morgan fingerprint density at radius 1 is 0.875 bits per heavy atom. The van der Waals surface area contributed by atoms with Crippen LogP contribution in [0.5, 0.6) is 0 Å². The van der Waals surface area contributed by atoms with Crippen LogP contribution in [-0.4, -0.2) is 9.97 Å². The van der Waals surface area contributed by atoms with Gasteiger partial charge in [0.15, 0.2) is 0 Å². The van der Waals surface area contributed by atoms with Crippen LogP contribution in [0.4, 0.5) is 0 Å². The number of halogens is 1. The van der Waals surface area contributed by atoms with E-state index in [1.165, 1.54) is 11.3 Å². The lowest BCUT2D eigenvalue weighted by molar-refractivity contribution is 0.587. The number of hydrogen-bond donors (Lipinski definition) is 2. The molecule has 0 bridgehead atoms. The molecule has 0 saturated carbocycles. The zero-order valence-electron chi connectivity index (χ0n) is 17.1. The number of H-pyrrole nitrogens is 1. The average molecular weight is 458 g/mol. The van der Waals surface area contributed by atoms with Gasteiger partial charge in [0.1, 0.15) is 10.7 Å². The Morgan fingerprint density at radius 2 is 1.50 bits per heavy atom. The van der Waals surface area contributed by atoms with E-state index in [-0.39, 0.29) is 11.6 Å². The smallest absolute Gasteiger partial charge is 0.260 e. The first-order chi connectivity index (χ1) is 15.7. The second kappa shape index (κ2) is 9.09. The first-order valence-corrected chi connectivity index (χ1v) is 11.5. The van der Waals surface area contributed by atoms with Crippen LogP contribution in [0, 0.1) is 0 Å². The number of thiophene rings is 1. The lowest BCUT2D eigenvalue weighted by Crippen LogP contribution is -2.24. The number of aromatic nitrogens is 2. The standard InChI is InChI=1S/C26H20ClN3OS/c27-21-14-8-7-13-19(21)20-16-32-26-23(20)25(31)29-22(30-26)15-28-24(17-9-3-1-4-10-17)18-11-5-2-6-12-18/h1-14,16,24,28H,15H2,(H,29,30,31). The second-order valence-electron chi connectivity index (χ2n) is 7.46. The molecule has 0 amide bonds. The fourth-order valence-electron chi connectivity index (χ4n) is 3.87. The number of hydrogen-bond acceptors (Lipinski definition) is 4. The van der Waals surface area contributed by atoms with Crippen LogP contribution in [0.15, 0.2) is 95.1 Å². The minimum Gasteiger partial charge on any atom is -0.309 e. The number of nitrogens with one attached hydrogen (secondary N) is 2. The molecule has 3 aromatic carbocycles. The van der Waals surface area contributed by atoms with Crippen LogP contribution in [0.3, 0.4) is 0 Å². The highest BCUT2D eigenvalue weighted by Crippen LogP contribution is 2.34. The van der Waals surface area contributed by atoms with E-state index in [4.69, 9.17) is 16.6 Å². The third kappa shape index (κ3) is 4.10. The van der Waals surface area contributed by atoms with Gasteiger partial charge >= 0.3 is 0 Å². The normalized spacial score (nSPS) is 11.3. The SMILES string of the molecule is O=c1[nH]c(CNC(c2ccccc2)c2ccccc2)nc2scc(-c3ccccc3Cl)c12. The van der Waals surface area contributed by atoms with E-state index in [1.807, 2.05) is 66.0 Å². The first kappa shape index (κ1) is 20.6. The fourth-order valence-corrected chi connectivity index (χ4v) is 5.07. The molecule has 4 nitrogen and oxygen atoms in total. The monoisotopic (exact) mass is 457 g/mol. The molecule has 158 valence electrons. The predicted molar refractivity (Wildman–Crippen MR) is 132 cm³/mol. The molecule has 6 heteroatoms. The van der Waals surface area contributed by atoms with Crippen LogP contribution >= 0.6 is 22.9 Å². The molecule has 0 aliphatic heterocycles. The Morgan fingerprint density at radius 3 is 2.16 bits per heavy atom. The van der Waals surface area contributed by atoms with E-state index >= 15 is 0 Å². The number of benzene rings is 3. The van der Waals surface area contributed by atoms with Crippen molar-refractivity contribution in [3.05, 3.63) is 123 Å². The highest BCUT2D eigenvalue weighted by molar-refractivity contribution is 7.17. The summed E-state index contributed by atoms with van der Waals surface area (Å²) < 4.78 is 0. The van der Waals surface area contributed by atoms with Gasteiger partial charge in [-0.1, -0.05) is 90.5 Å². The highest BCUT2D eigenvalue weighted by atomic mass is 35.5. The van der Waals surface area contributed by atoms with E-state index in [0.717, 1.165) is 22.3 Å². The molecule has 0 radical (unpaired) electrons. The fraction of sp³-hybridized carbons (Fsp3) is 0.0769. The predicted octanol–water partition coefficient (Wildman–Crippen LogP) is 6.18. The van der Waals surface area contributed by atoms with Gasteiger partial charge in [-0.2, -0.15) is 0 Å². The Bertz CT molecular complexity index is 1370. The molecule has 0 fully saturated rings. The van der Waals surface area contributed by atoms with Crippen molar-refractivity contribution >= 4 is 33.2 Å². The minimum absolute atomic E-state index is 0.0135. The van der Waals surface area contributed by atoms with Crippen molar-refractivity contribution in [1.82, 2.24) is 15.3 Å². The van der Waals surface area contributed by atoms with E-state index < -0.39 is 0 Å². The summed E-state index contributed by atoms with van der Waals surface area (Å²) in [5, 5.41) is 6.70. The topological polar surface area (TPSA) is 57.8 Å². The maximum absolute atomic E-state index is 13.0. The van der Waals surface area contributed by atoms with Gasteiger partial charge in [0.25, 0.3) is 5.56 Å². The minimum atomic E-state index is -0.154. The third-order valence-electron chi connectivity index (χ3n) is 5.40. The number of fused-ring (bicyclic) bond motifs is 1. The van der Waals surface area contributed by atoms with Gasteiger partial charge in [-0.15, -0.1) is 11.3 Å². The molecule has 5 aromatic rings. The molecule has 5 rings (SSSR count). The number of rotatable bonds is 6. The lowest BCUT2D eigenvalue weighted by Gasteiger charge is -2.19. The lowest BCUT2D eigenvalue weighted by atomic mass is 9.99. The quantitative estimate of drug-likeness (QED) is 0.320. The van der Waals surface area contributed by atoms with Crippen LogP contribution < -0.4 is 10.9 Å². The van der Waals surface area contributed by atoms with E-state index in [1.54, 1.807) is 0 Å². The Balaban J connectivity index is 1.47. The van der Waals surface area contributed by atoms with E-state index in [2.05, 4.69) is 34.6 Å². The molecule has 0 aliphatic carbocycles. The zero-order chi connectivity index (χ0) is 21.9. The van der Waals surface area contributed by atoms with Gasteiger partial charge in [-0.05, 0) is 17.2 Å². The summed E-state index contributed by atoms with van der Waals surface area (Å²) in [4.78, 5) is 21.4. The summed E-state index contributed by atoms with van der Waals surface area (Å²) >= 11 is 7.82. The van der Waals surface area contributed by atoms with Crippen LogP contribution in [0.25, 0.3) is 21.3 Å². The summed E-state index contributed by atoms with van der Waals surface area (Å²) in [6, 6.07) is 28.0. The largest absolute Gasteiger partial charge is 0.309 e. The van der Waals surface area contributed by atoms with Crippen molar-refractivity contribution in [3.63, 3.8) is 0 Å². The molecule has 0 unspecified atom stereocenters. The van der Waals surface area contributed by atoms with Crippen LogP contribution in [-0.2, 0) is 6.54 Å². The van der Waals surface area contributed by atoms with Gasteiger partial charge in [-0.3, -0.25) is 10.1 Å². The van der Waals surface area contributed by atoms with E-state index in [9.17, 15) is 4.79 Å². The summed E-state index contributed by atoms with van der Waals surface area (Å²) in [5.41, 5.74) is 3.81. The van der Waals surface area contributed by atoms with Crippen molar-refractivity contribution in [2.45, 2.75) is 12.6 Å². The van der Waals surface area contributed by atoms with Crippen LogP contribution in [0.2, 0.25) is 5.02 Å². The van der Waals surface area contributed by atoms with Crippen molar-refractivity contribution < 1.29 is 0 Å². The highest BCUT2D eigenvalue weighted by Gasteiger charge is 2.17. The second-order valence-corrected chi connectivity index (χ2v) is 8.72. The summed E-state index contributed by atoms with van der Waals surface area (Å²) in [6.45, 7) is 0.430. The molecule has 0 aliphatic rings. The van der Waals surface area contributed by atoms with Gasteiger partial charge in [0, 0.05) is 21.5 Å². The van der Waals surface area contributed by atoms with Gasteiger partial charge in [0.05, 0.1) is 18.0 Å². The Labute approximate surface area is 194 Å². The molecular formula is C26H20ClN3OS.